The second-order valence-corrected chi connectivity index (χ2v) is 5.04. The fraction of sp³-hybridized carbons (Fsp3) is 1.00. The quantitative estimate of drug-likeness (QED) is 0.532. The molecule has 0 atom stereocenters. The van der Waals surface area contributed by atoms with Gasteiger partial charge in [-0.15, -0.1) is 0 Å². The summed E-state index contributed by atoms with van der Waals surface area (Å²) in [5, 5.41) is 11.3. The van der Waals surface area contributed by atoms with E-state index >= 15 is 0 Å². The van der Waals surface area contributed by atoms with Crippen molar-refractivity contribution in [1.82, 2.24) is 5.32 Å². The van der Waals surface area contributed by atoms with Crippen LogP contribution in [0.15, 0.2) is 0 Å². The van der Waals surface area contributed by atoms with E-state index in [-0.39, 0.29) is 18.1 Å². The first-order valence-corrected chi connectivity index (χ1v) is 5.96. The summed E-state index contributed by atoms with van der Waals surface area (Å²) < 4.78 is 21.9. The van der Waals surface area contributed by atoms with Gasteiger partial charge in [0.15, 0.2) is 0 Å². The molecule has 0 aromatic rings. The Morgan fingerprint density at radius 2 is 2.00 bits per heavy atom. The molecule has 0 aromatic heterocycles. The van der Waals surface area contributed by atoms with Gasteiger partial charge >= 0.3 is 0 Å². The first-order valence-electron chi connectivity index (χ1n) is 4.14. The Balaban J connectivity index is 3.32. The topological polar surface area (TPSA) is 66.4 Å². The van der Waals surface area contributed by atoms with Crippen molar-refractivity contribution in [3.05, 3.63) is 0 Å². The van der Waals surface area contributed by atoms with Crippen molar-refractivity contribution in [3.8, 4) is 0 Å². The van der Waals surface area contributed by atoms with Crippen LogP contribution in [-0.2, 0) is 9.84 Å². The smallest absolute Gasteiger partial charge is 0.150 e. The molecule has 0 heterocycles. The van der Waals surface area contributed by atoms with Gasteiger partial charge in [-0.25, -0.2) is 8.42 Å². The number of hydrogen-bond donors (Lipinski definition) is 2. The van der Waals surface area contributed by atoms with Gasteiger partial charge in [-0.05, 0) is 13.0 Å². The lowest BCUT2D eigenvalue weighted by atomic mass is 10.5. The van der Waals surface area contributed by atoms with Gasteiger partial charge in [0.1, 0.15) is 9.84 Å². The maximum Gasteiger partial charge on any atom is 0.150 e. The minimum absolute atomic E-state index is 0.0977. The molecule has 12 heavy (non-hydrogen) atoms. The molecule has 74 valence electrons. The predicted octanol–water partition coefficient (Wildman–Crippen LogP) is -0.607. The highest BCUT2D eigenvalue weighted by molar-refractivity contribution is 7.91. The largest absolute Gasteiger partial charge is 0.395 e. The second-order valence-electron chi connectivity index (χ2n) is 2.56. The highest BCUT2D eigenvalue weighted by atomic mass is 32.2. The first-order chi connectivity index (χ1) is 5.62. The van der Waals surface area contributed by atoms with Crippen LogP contribution in [0, 0.1) is 0 Å². The Morgan fingerprint density at radius 3 is 2.50 bits per heavy atom. The average molecular weight is 195 g/mol. The van der Waals surface area contributed by atoms with Crippen LogP contribution in [0.4, 0.5) is 0 Å². The predicted molar refractivity (Wildman–Crippen MR) is 48.9 cm³/mol. The minimum Gasteiger partial charge on any atom is -0.395 e. The summed E-state index contributed by atoms with van der Waals surface area (Å²) in [6.07, 6.45) is 0.621. The van der Waals surface area contributed by atoms with Gasteiger partial charge in [-0.1, -0.05) is 6.92 Å². The highest BCUT2D eigenvalue weighted by Crippen LogP contribution is 1.91. The average Bonchev–Trinajstić information content (AvgIpc) is 2.04. The SMILES string of the molecule is CCS(=O)(=O)CCCNCCO. The van der Waals surface area contributed by atoms with Crippen molar-refractivity contribution in [2.75, 3.05) is 31.2 Å². The third kappa shape index (κ3) is 6.57. The molecule has 0 amide bonds. The third-order valence-electron chi connectivity index (χ3n) is 1.54. The summed E-state index contributed by atoms with van der Waals surface area (Å²) in [5.41, 5.74) is 0. The molecule has 0 aliphatic carbocycles. The molecule has 0 rings (SSSR count). The number of aliphatic hydroxyl groups excluding tert-OH is 1. The summed E-state index contributed by atoms with van der Waals surface area (Å²) >= 11 is 0. The van der Waals surface area contributed by atoms with E-state index in [1.165, 1.54) is 0 Å². The van der Waals surface area contributed by atoms with Crippen LogP contribution in [0.5, 0.6) is 0 Å². The molecular weight excluding hydrogens is 178 g/mol. The van der Waals surface area contributed by atoms with Gasteiger partial charge in [0, 0.05) is 12.3 Å². The van der Waals surface area contributed by atoms with E-state index in [2.05, 4.69) is 5.32 Å². The van der Waals surface area contributed by atoms with Crippen molar-refractivity contribution in [3.63, 3.8) is 0 Å². The van der Waals surface area contributed by atoms with Crippen LogP contribution in [0.25, 0.3) is 0 Å². The minimum atomic E-state index is -2.81. The molecule has 0 spiro atoms. The Bertz CT molecular complexity index is 189. The monoisotopic (exact) mass is 195 g/mol. The zero-order valence-corrected chi connectivity index (χ0v) is 8.23. The number of sulfone groups is 1. The summed E-state index contributed by atoms with van der Waals surface area (Å²) in [6, 6.07) is 0. The maximum absolute atomic E-state index is 11.0. The Kier molecular flexibility index (Phi) is 6.32. The lowest BCUT2D eigenvalue weighted by Crippen LogP contribution is -2.22. The maximum atomic E-state index is 11.0. The fourth-order valence-electron chi connectivity index (χ4n) is 0.765. The van der Waals surface area contributed by atoms with Crippen LogP contribution in [-0.4, -0.2) is 44.7 Å². The van der Waals surface area contributed by atoms with Gasteiger partial charge in [0.05, 0.1) is 12.4 Å². The van der Waals surface area contributed by atoms with Gasteiger partial charge in [-0.3, -0.25) is 0 Å². The number of nitrogens with one attached hydrogen (secondary N) is 1. The summed E-state index contributed by atoms with van der Waals surface area (Å²) in [7, 11) is -2.81. The van der Waals surface area contributed by atoms with E-state index in [1.54, 1.807) is 6.92 Å². The molecule has 0 unspecified atom stereocenters. The van der Waals surface area contributed by atoms with Gasteiger partial charge < -0.3 is 10.4 Å². The zero-order chi connectivity index (χ0) is 9.45. The molecule has 0 fully saturated rings. The molecule has 5 heteroatoms. The number of aliphatic hydroxyl groups is 1. The molecule has 0 aliphatic rings. The zero-order valence-electron chi connectivity index (χ0n) is 7.41. The van der Waals surface area contributed by atoms with Crippen molar-refractivity contribution >= 4 is 9.84 Å². The summed E-state index contributed by atoms with van der Waals surface area (Å²) in [4.78, 5) is 0. The van der Waals surface area contributed by atoms with Crippen LogP contribution >= 0.6 is 0 Å². The normalized spacial score (nSPS) is 11.8. The highest BCUT2D eigenvalue weighted by Gasteiger charge is 2.05. The molecule has 0 bridgehead atoms. The van der Waals surface area contributed by atoms with Crippen LogP contribution in [0.3, 0.4) is 0 Å². The van der Waals surface area contributed by atoms with E-state index in [0.717, 1.165) is 0 Å². The van der Waals surface area contributed by atoms with E-state index in [9.17, 15) is 8.42 Å². The van der Waals surface area contributed by atoms with Gasteiger partial charge in [0.2, 0.25) is 0 Å². The summed E-state index contributed by atoms with van der Waals surface area (Å²) in [6.45, 7) is 2.93. The Labute approximate surface area is 73.9 Å². The van der Waals surface area contributed by atoms with Gasteiger partial charge in [0.25, 0.3) is 0 Å². The third-order valence-corrected chi connectivity index (χ3v) is 3.33. The molecule has 0 aliphatic heterocycles. The van der Waals surface area contributed by atoms with Crippen LogP contribution < -0.4 is 5.32 Å². The van der Waals surface area contributed by atoms with Crippen molar-refractivity contribution in [1.29, 1.82) is 0 Å². The first kappa shape index (κ1) is 11.9. The van der Waals surface area contributed by atoms with Crippen molar-refractivity contribution < 1.29 is 13.5 Å². The Hall–Kier alpha value is -0.130. The Morgan fingerprint density at radius 1 is 1.33 bits per heavy atom. The molecular formula is C7H17NO3S. The lowest BCUT2D eigenvalue weighted by Gasteiger charge is -2.02. The van der Waals surface area contributed by atoms with Crippen LogP contribution in [0.1, 0.15) is 13.3 Å². The van der Waals surface area contributed by atoms with Gasteiger partial charge in [-0.2, -0.15) is 0 Å². The molecule has 0 radical (unpaired) electrons. The van der Waals surface area contributed by atoms with E-state index < -0.39 is 9.84 Å². The van der Waals surface area contributed by atoms with E-state index in [4.69, 9.17) is 5.11 Å². The second kappa shape index (κ2) is 6.39. The van der Waals surface area contributed by atoms with Crippen LogP contribution in [0.2, 0.25) is 0 Å². The molecule has 4 nitrogen and oxygen atoms in total. The van der Waals surface area contributed by atoms with Crippen molar-refractivity contribution in [2.24, 2.45) is 0 Å². The molecule has 2 N–H and O–H groups in total. The van der Waals surface area contributed by atoms with Crippen molar-refractivity contribution in [2.45, 2.75) is 13.3 Å². The lowest BCUT2D eigenvalue weighted by molar-refractivity contribution is 0.292. The van der Waals surface area contributed by atoms with E-state index in [1.807, 2.05) is 0 Å². The fourth-order valence-corrected chi connectivity index (χ4v) is 1.64. The summed E-state index contributed by atoms with van der Waals surface area (Å²) in [5.74, 6) is 0.453. The number of rotatable bonds is 7. The standard InChI is InChI=1S/C7H17NO3S/c1-2-12(10,11)7-3-4-8-5-6-9/h8-9H,2-7H2,1H3. The molecule has 0 aromatic carbocycles. The van der Waals surface area contributed by atoms with E-state index in [0.29, 0.717) is 19.5 Å². The number of hydrogen-bond acceptors (Lipinski definition) is 4. The molecule has 0 saturated carbocycles. The molecule has 0 saturated heterocycles.